The van der Waals surface area contributed by atoms with Gasteiger partial charge in [-0.3, -0.25) is 4.98 Å². The second-order valence-electron chi connectivity index (χ2n) is 2.50. The van der Waals surface area contributed by atoms with Crippen LogP contribution in [0.5, 0.6) is 10.9 Å². The summed E-state index contributed by atoms with van der Waals surface area (Å²) in [5.74, 6) is -0.384. The molecule has 0 aliphatic carbocycles. The zero-order valence-electron chi connectivity index (χ0n) is 6.81. The van der Waals surface area contributed by atoms with Crippen LogP contribution in [-0.4, -0.2) is 20.2 Å². The molecule has 2 aromatic heterocycles. The third-order valence-corrected chi connectivity index (χ3v) is 2.80. The normalized spacial score (nSPS) is 10.4. The van der Waals surface area contributed by atoms with Crippen molar-refractivity contribution in [1.29, 1.82) is 0 Å². The van der Waals surface area contributed by atoms with E-state index in [2.05, 4.69) is 9.97 Å². The summed E-state index contributed by atoms with van der Waals surface area (Å²) in [6.45, 7) is 0. The standard InChI is InChI=1S/C8H5ClN2O2S/c9-5-1-2-10-3-4(5)7-11-6(12)8(13)14-7/h1-3,12-13H. The van der Waals surface area contributed by atoms with Crippen LogP contribution in [0.15, 0.2) is 18.5 Å². The van der Waals surface area contributed by atoms with Crippen molar-refractivity contribution in [3.63, 3.8) is 0 Å². The molecular weight excluding hydrogens is 224 g/mol. The first-order valence-electron chi connectivity index (χ1n) is 3.67. The minimum atomic E-state index is -0.384. The fraction of sp³-hybridized carbons (Fsp3) is 0. The van der Waals surface area contributed by atoms with Crippen molar-refractivity contribution in [2.24, 2.45) is 0 Å². The van der Waals surface area contributed by atoms with Crippen LogP contribution in [0, 0.1) is 0 Å². The van der Waals surface area contributed by atoms with E-state index in [4.69, 9.17) is 21.8 Å². The van der Waals surface area contributed by atoms with Gasteiger partial charge in [0.2, 0.25) is 5.06 Å². The highest BCUT2D eigenvalue weighted by atomic mass is 35.5. The third kappa shape index (κ3) is 1.51. The molecule has 0 aliphatic heterocycles. The molecule has 0 spiro atoms. The van der Waals surface area contributed by atoms with Crippen molar-refractivity contribution in [3.8, 4) is 21.5 Å². The van der Waals surface area contributed by atoms with E-state index in [0.29, 0.717) is 15.6 Å². The molecule has 6 heteroatoms. The first-order chi connectivity index (χ1) is 6.68. The van der Waals surface area contributed by atoms with Gasteiger partial charge in [0.25, 0.3) is 5.88 Å². The molecule has 4 nitrogen and oxygen atoms in total. The highest BCUT2D eigenvalue weighted by molar-refractivity contribution is 7.17. The zero-order valence-corrected chi connectivity index (χ0v) is 8.38. The Balaban J connectivity index is 2.55. The Morgan fingerprint density at radius 1 is 1.36 bits per heavy atom. The van der Waals surface area contributed by atoms with E-state index in [9.17, 15) is 0 Å². The van der Waals surface area contributed by atoms with Gasteiger partial charge in [-0.25, -0.2) is 0 Å². The predicted octanol–water partition coefficient (Wildman–Crippen LogP) is 2.27. The highest BCUT2D eigenvalue weighted by Gasteiger charge is 2.12. The maximum atomic E-state index is 9.13. The molecule has 0 unspecified atom stereocenters. The quantitative estimate of drug-likeness (QED) is 0.786. The SMILES string of the molecule is Oc1nc(-c2cnccc2Cl)sc1O. The molecule has 0 fully saturated rings. The van der Waals surface area contributed by atoms with Crippen LogP contribution in [0.3, 0.4) is 0 Å². The second-order valence-corrected chi connectivity index (χ2v) is 3.89. The average molecular weight is 229 g/mol. The highest BCUT2D eigenvalue weighted by Crippen LogP contribution is 2.38. The Morgan fingerprint density at radius 3 is 2.71 bits per heavy atom. The van der Waals surface area contributed by atoms with Crippen LogP contribution in [0.2, 0.25) is 5.02 Å². The van der Waals surface area contributed by atoms with Gasteiger partial charge in [0.05, 0.1) is 5.02 Å². The van der Waals surface area contributed by atoms with Crippen molar-refractivity contribution in [3.05, 3.63) is 23.5 Å². The lowest BCUT2D eigenvalue weighted by Gasteiger charge is -1.96. The molecule has 14 heavy (non-hydrogen) atoms. The van der Waals surface area contributed by atoms with Crippen LogP contribution in [0.1, 0.15) is 0 Å². The van der Waals surface area contributed by atoms with E-state index in [-0.39, 0.29) is 10.9 Å². The Bertz CT molecular complexity index is 453. The smallest absolute Gasteiger partial charge is 0.267 e. The number of rotatable bonds is 1. The lowest BCUT2D eigenvalue weighted by atomic mass is 10.3. The third-order valence-electron chi connectivity index (χ3n) is 1.59. The van der Waals surface area contributed by atoms with Crippen molar-refractivity contribution in [1.82, 2.24) is 9.97 Å². The number of aromatic hydroxyl groups is 2. The van der Waals surface area contributed by atoms with Crippen molar-refractivity contribution < 1.29 is 10.2 Å². The molecule has 0 saturated heterocycles. The lowest BCUT2D eigenvalue weighted by Crippen LogP contribution is -1.79. The van der Waals surface area contributed by atoms with Gasteiger partial charge in [0.1, 0.15) is 5.01 Å². The van der Waals surface area contributed by atoms with E-state index >= 15 is 0 Å². The van der Waals surface area contributed by atoms with Crippen molar-refractivity contribution >= 4 is 22.9 Å². The first kappa shape index (κ1) is 9.23. The molecule has 72 valence electrons. The zero-order chi connectivity index (χ0) is 10.1. The van der Waals surface area contributed by atoms with Crippen LogP contribution in [-0.2, 0) is 0 Å². The minimum absolute atomic E-state index is 0.222. The molecule has 0 aromatic carbocycles. The van der Waals surface area contributed by atoms with E-state index in [1.807, 2.05) is 0 Å². The number of pyridine rings is 1. The number of hydrogen-bond acceptors (Lipinski definition) is 5. The molecule has 0 amide bonds. The molecule has 0 bridgehead atoms. The molecule has 2 rings (SSSR count). The molecule has 0 saturated carbocycles. The van der Waals surface area contributed by atoms with Crippen LogP contribution in [0.25, 0.3) is 10.6 Å². The predicted molar refractivity (Wildman–Crippen MR) is 53.7 cm³/mol. The van der Waals surface area contributed by atoms with Crippen LogP contribution < -0.4 is 0 Å². The van der Waals surface area contributed by atoms with Gasteiger partial charge >= 0.3 is 0 Å². The molecular formula is C8H5ClN2O2S. The van der Waals surface area contributed by atoms with Gasteiger partial charge in [0.15, 0.2) is 0 Å². The summed E-state index contributed by atoms with van der Waals surface area (Å²) in [6, 6.07) is 1.62. The molecule has 2 heterocycles. The van der Waals surface area contributed by atoms with Crippen LogP contribution >= 0.6 is 22.9 Å². The minimum Gasteiger partial charge on any atom is -0.496 e. The average Bonchev–Trinajstić information content (AvgIpc) is 2.48. The maximum Gasteiger partial charge on any atom is 0.267 e. The molecule has 0 aliphatic rings. The lowest BCUT2D eigenvalue weighted by molar-refractivity contribution is 0.402. The molecule has 2 N–H and O–H groups in total. The summed E-state index contributed by atoms with van der Waals surface area (Å²) in [4.78, 5) is 7.62. The molecule has 0 atom stereocenters. The Kier molecular flexibility index (Phi) is 2.26. The Hall–Kier alpha value is -1.33. The van der Waals surface area contributed by atoms with Gasteiger partial charge in [0, 0.05) is 18.0 Å². The first-order valence-corrected chi connectivity index (χ1v) is 4.86. The van der Waals surface area contributed by atoms with E-state index in [1.165, 1.54) is 6.20 Å². The second kappa shape index (κ2) is 3.43. The summed E-state index contributed by atoms with van der Waals surface area (Å²) in [5.41, 5.74) is 0.592. The van der Waals surface area contributed by atoms with Gasteiger partial charge in [-0.15, -0.1) is 0 Å². The molecule has 0 radical (unpaired) electrons. The van der Waals surface area contributed by atoms with E-state index in [0.717, 1.165) is 11.3 Å². The van der Waals surface area contributed by atoms with Crippen LogP contribution in [0.4, 0.5) is 0 Å². The van der Waals surface area contributed by atoms with Gasteiger partial charge in [-0.05, 0) is 6.07 Å². The number of nitrogens with zero attached hydrogens (tertiary/aromatic N) is 2. The fourth-order valence-corrected chi connectivity index (χ4v) is 1.93. The van der Waals surface area contributed by atoms with Crippen molar-refractivity contribution in [2.45, 2.75) is 0 Å². The maximum absolute atomic E-state index is 9.13. The summed E-state index contributed by atoms with van der Waals surface area (Å²) in [5, 5.41) is 18.9. The Labute approximate surface area is 88.5 Å². The van der Waals surface area contributed by atoms with Gasteiger partial charge in [-0.2, -0.15) is 4.98 Å². The van der Waals surface area contributed by atoms with E-state index in [1.54, 1.807) is 12.3 Å². The van der Waals surface area contributed by atoms with Gasteiger partial charge < -0.3 is 10.2 Å². The number of thiazole rings is 1. The Morgan fingerprint density at radius 2 is 2.14 bits per heavy atom. The fourth-order valence-electron chi connectivity index (χ4n) is 0.954. The molecule has 2 aromatic rings. The summed E-state index contributed by atoms with van der Waals surface area (Å²) in [7, 11) is 0. The number of hydrogen-bond donors (Lipinski definition) is 2. The topological polar surface area (TPSA) is 66.2 Å². The number of halogens is 1. The summed E-state index contributed by atoms with van der Waals surface area (Å²) in [6.07, 6.45) is 3.08. The summed E-state index contributed by atoms with van der Waals surface area (Å²) >= 11 is 6.84. The largest absolute Gasteiger partial charge is 0.496 e. The van der Waals surface area contributed by atoms with Gasteiger partial charge in [-0.1, -0.05) is 22.9 Å². The monoisotopic (exact) mass is 228 g/mol. The number of aromatic nitrogens is 2. The van der Waals surface area contributed by atoms with Crippen molar-refractivity contribution in [2.75, 3.05) is 0 Å². The van der Waals surface area contributed by atoms with E-state index < -0.39 is 0 Å². The summed E-state index contributed by atoms with van der Waals surface area (Å²) < 4.78 is 0.